The third-order valence-corrected chi connectivity index (χ3v) is 3.88. The van der Waals surface area contributed by atoms with Crippen LogP contribution in [0.2, 0.25) is 0 Å². The predicted octanol–water partition coefficient (Wildman–Crippen LogP) is 0.772. The quantitative estimate of drug-likeness (QED) is 0.860. The number of carbonyl (C=O) groups is 2. The molecule has 1 aromatic rings. The summed E-state index contributed by atoms with van der Waals surface area (Å²) < 4.78 is 1.46. The third kappa shape index (κ3) is 2.97. The molecule has 7 nitrogen and oxygen atoms in total. The monoisotopic (exact) mass is 280 g/mol. The maximum Gasteiger partial charge on any atom is 0.311 e. The lowest BCUT2D eigenvalue weighted by Gasteiger charge is -2.39. The Labute approximate surface area is 117 Å². The van der Waals surface area contributed by atoms with Gasteiger partial charge in [-0.05, 0) is 19.3 Å². The molecule has 2 heterocycles. The molecule has 1 aliphatic rings. The van der Waals surface area contributed by atoms with Crippen molar-refractivity contribution >= 4 is 11.9 Å². The van der Waals surface area contributed by atoms with E-state index >= 15 is 0 Å². The number of likely N-dealkylation sites (tertiary alicyclic amines) is 1. The summed E-state index contributed by atoms with van der Waals surface area (Å²) in [6, 6.07) is 0. The number of carbonyl (C=O) groups excluding carboxylic acids is 1. The second-order valence-electron chi connectivity index (χ2n) is 5.35. The number of hydrogen-bond donors (Lipinski definition) is 1. The van der Waals surface area contributed by atoms with Gasteiger partial charge in [0.15, 0.2) is 0 Å². The molecule has 0 spiro atoms. The Kier molecular flexibility index (Phi) is 4.36. The van der Waals surface area contributed by atoms with E-state index in [0.29, 0.717) is 25.9 Å². The van der Waals surface area contributed by atoms with Crippen LogP contribution in [0.4, 0.5) is 0 Å². The van der Waals surface area contributed by atoms with Crippen LogP contribution >= 0.6 is 0 Å². The first kappa shape index (κ1) is 14.5. The van der Waals surface area contributed by atoms with Crippen molar-refractivity contribution in [1.82, 2.24) is 19.9 Å². The summed E-state index contributed by atoms with van der Waals surface area (Å²) in [7, 11) is 0. The number of nitrogens with zero attached hydrogens (tertiary/aromatic N) is 4. The van der Waals surface area contributed by atoms with Gasteiger partial charge in [0, 0.05) is 19.3 Å². The van der Waals surface area contributed by atoms with E-state index in [1.807, 2.05) is 6.92 Å². The lowest BCUT2D eigenvalue weighted by Crippen LogP contribution is -2.50. The van der Waals surface area contributed by atoms with E-state index in [4.69, 9.17) is 0 Å². The Morgan fingerprint density at radius 1 is 1.45 bits per heavy atom. The molecule has 2 rings (SSSR count). The summed E-state index contributed by atoms with van der Waals surface area (Å²) in [4.78, 5) is 25.5. The number of amides is 1. The molecule has 0 aromatic carbocycles. The molecule has 1 atom stereocenters. The predicted molar refractivity (Wildman–Crippen MR) is 70.8 cm³/mol. The summed E-state index contributed by atoms with van der Waals surface area (Å²) in [6.45, 7) is 3.00. The van der Waals surface area contributed by atoms with Crippen molar-refractivity contribution in [2.45, 2.75) is 39.2 Å². The lowest BCUT2D eigenvalue weighted by atomic mass is 9.76. The summed E-state index contributed by atoms with van der Waals surface area (Å²) in [6.07, 6.45) is 5.92. The van der Waals surface area contributed by atoms with Gasteiger partial charge in [0.25, 0.3) is 0 Å². The van der Waals surface area contributed by atoms with Crippen molar-refractivity contribution in [3.05, 3.63) is 12.4 Å². The van der Waals surface area contributed by atoms with E-state index in [9.17, 15) is 14.7 Å². The Morgan fingerprint density at radius 3 is 2.85 bits per heavy atom. The molecule has 0 bridgehead atoms. The average Bonchev–Trinajstić information content (AvgIpc) is 2.92. The molecule has 0 aliphatic carbocycles. The van der Waals surface area contributed by atoms with E-state index in [-0.39, 0.29) is 12.5 Å². The molecule has 1 fully saturated rings. The van der Waals surface area contributed by atoms with E-state index in [1.54, 1.807) is 11.1 Å². The molecule has 7 heteroatoms. The highest BCUT2D eigenvalue weighted by atomic mass is 16.4. The molecule has 1 unspecified atom stereocenters. The number of aromatic nitrogens is 3. The van der Waals surface area contributed by atoms with Crippen LogP contribution in [-0.2, 0) is 16.1 Å². The van der Waals surface area contributed by atoms with Crippen LogP contribution < -0.4 is 0 Å². The van der Waals surface area contributed by atoms with Gasteiger partial charge in [-0.1, -0.05) is 18.6 Å². The third-order valence-electron chi connectivity index (χ3n) is 3.88. The first-order chi connectivity index (χ1) is 9.57. The van der Waals surface area contributed by atoms with Crippen LogP contribution in [0.25, 0.3) is 0 Å². The van der Waals surface area contributed by atoms with Gasteiger partial charge in [-0.3, -0.25) is 9.59 Å². The van der Waals surface area contributed by atoms with Crippen molar-refractivity contribution in [3.8, 4) is 0 Å². The minimum Gasteiger partial charge on any atom is -0.481 e. The zero-order valence-electron chi connectivity index (χ0n) is 11.7. The number of aliphatic carboxylic acids is 1. The zero-order chi connectivity index (χ0) is 14.6. The van der Waals surface area contributed by atoms with Gasteiger partial charge >= 0.3 is 5.97 Å². The van der Waals surface area contributed by atoms with Crippen LogP contribution in [0.3, 0.4) is 0 Å². The van der Waals surface area contributed by atoms with E-state index in [1.165, 1.54) is 10.9 Å². The van der Waals surface area contributed by atoms with Crippen LogP contribution in [0.15, 0.2) is 12.4 Å². The molecule has 1 saturated heterocycles. The van der Waals surface area contributed by atoms with Gasteiger partial charge in [0.05, 0.1) is 11.6 Å². The van der Waals surface area contributed by atoms with Crippen molar-refractivity contribution in [3.63, 3.8) is 0 Å². The van der Waals surface area contributed by atoms with Gasteiger partial charge < -0.3 is 10.0 Å². The Hall–Kier alpha value is -1.92. The summed E-state index contributed by atoms with van der Waals surface area (Å²) in [5.41, 5.74) is -0.787. The maximum atomic E-state index is 12.2. The minimum absolute atomic E-state index is 0.100. The highest BCUT2D eigenvalue weighted by Crippen LogP contribution is 2.35. The highest BCUT2D eigenvalue weighted by Gasteiger charge is 2.42. The van der Waals surface area contributed by atoms with Crippen molar-refractivity contribution in [2.75, 3.05) is 13.1 Å². The topological polar surface area (TPSA) is 88.3 Å². The molecule has 1 N–H and O–H groups in total. The fourth-order valence-electron chi connectivity index (χ4n) is 2.86. The molecular formula is C13H20N4O3. The van der Waals surface area contributed by atoms with Crippen LogP contribution in [0, 0.1) is 5.41 Å². The summed E-state index contributed by atoms with van der Waals surface area (Å²) >= 11 is 0. The zero-order valence-corrected chi connectivity index (χ0v) is 11.7. The highest BCUT2D eigenvalue weighted by molar-refractivity contribution is 5.79. The van der Waals surface area contributed by atoms with Gasteiger partial charge in [-0.15, -0.1) is 5.10 Å². The lowest BCUT2D eigenvalue weighted by molar-refractivity contribution is -0.155. The molecule has 110 valence electrons. The molecule has 1 aromatic heterocycles. The first-order valence-corrected chi connectivity index (χ1v) is 6.93. The van der Waals surface area contributed by atoms with Crippen LogP contribution in [0.5, 0.6) is 0 Å². The van der Waals surface area contributed by atoms with Gasteiger partial charge in [0.1, 0.15) is 6.54 Å². The second kappa shape index (κ2) is 6.02. The minimum atomic E-state index is -0.794. The molecule has 0 radical (unpaired) electrons. The Balaban J connectivity index is 2.05. The molecule has 0 saturated carbocycles. The van der Waals surface area contributed by atoms with Crippen molar-refractivity contribution in [1.29, 1.82) is 0 Å². The second-order valence-corrected chi connectivity index (χ2v) is 5.35. The normalized spacial score (nSPS) is 22.8. The molecule has 1 amide bonds. The van der Waals surface area contributed by atoms with Crippen molar-refractivity contribution in [2.24, 2.45) is 5.41 Å². The molecule has 20 heavy (non-hydrogen) atoms. The van der Waals surface area contributed by atoms with Crippen LogP contribution in [0.1, 0.15) is 32.6 Å². The molecule has 1 aliphatic heterocycles. The first-order valence-electron chi connectivity index (χ1n) is 6.93. The van der Waals surface area contributed by atoms with Gasteiger partial charge in [0.2, 0.25) is 5.91 Å². The average molecular weight is 280 g/mol. The standard InChI is InChI=1S/C13H20N4O3/c1-2-4-13(12(19)20)5-3-7-16(10-13)11(18)9-17-8-6-14-15-17/h6,8H,2-5,7,9-10H2,1H3,(H,19,20). The number of rotatable bonds is 5. The smallest absolute Gasteiger partial charge is 0.311 e. The summed E-state index contributed by atoms with van der Waals surface area (Å²) in [5.74, 6) is -0.894. The van der Waals surface area contributed by atoms with Gasteiger partial charge in [-0.2, -0.15) is 0 Å². The number of piperidine rings is 1. The summed E-state index contributed by atoms with van der Waals surface area (Å²) in [5, 5.41) is 16.9. The molecular weight excluding hydrogens is 260 g/mol. The number of hydrogen-bond acceptors (Lipinski definition) is 4. The SMILES string of the molecule is CCCC1(C(=O)O)CCCN(C(=O)Cn2ccnn2)C1. The van der Waals surface area contributed by atoms with E-state index < -0.39 is 11.4 Å². The fourth-order valence-corrected chi connectivity index (χ4v) is 2.86. The maximum absolute atomic E-state index is 12.2. The number of carboxylic acids is 1. The van der Waals surface area contributed by atoms with E-state index in [0.717, 1.165) is 12.8 Å². The Morgan fingerprint density at radius 2 is 2.25 bits per heavy atom. The largest absolute Gasteiger partial charge is 0.481 e. The number of carboxylic acid groups (broad SMARTS) is 1. The van der Waals surface area contributed by atoms with Gasteiger partial charge in [-0.25, -0.2) is 4.68 Å². The Bertz CT molecular complexity index is 470. The van der Waals surface area contributed by atoms with E-state index in [2.05, 4.69) is 10.3 Å². The van der Waals surface area contributed by atoms with Crippen molar-refractivity contribution < 1.29 is 14.7 Å². The van der Waals surface area contributed by atoms with Crippen LogP contribution in [-0.4, -0.2) is 50.0 Å². The fraction of sp³-hybridized carbons (Fsp3) is 0.692.